The second-order valence-electron chi connectivity index (χ2n) is 10.8. The highest BCUT2D eigenvalue weighted by molar-refractivity contribution is 8.00. The summed E-state index contributed by atoms with van der Waals surface area (Å²) >= 11 is 1.41. The number of primary amides is 1. The van der Waals surface area contributed by atoms with Crippen molar-refractivity contribution in [2.24, 2.45) is 23.5 Å². The summed E-state index contributed by atoms with van der Waals surface area (Å²) in [7, 11) is -3.61. The van der Waals surface area contributed by atoms with E-state index >= 15 is 0 Å². The van der Waals surface area contributed by atoms with Crippen LogP contribution >= 0.6 is 11.8 Å². The molecule has 2 amide bonds. The summed E-state index contributed by atoms with van der Waals surface area (Å²) in [6, 6.07) is 18.9. The second-order valence-corrected chi connectivity index (χ2v) is 14.1. The monoisotopic (exact) mass is 582 g/mol. The van der Waals surface area contributed by atoms with E-state index in [-0.39, 0.29) is 46.1 Å². The molecule has 0 aromatic heterocycles. The van der Waals surface area contributed by atoms with Crippen LogP contribution in [0.2, 0.25) is 0 Å². The van der Waals surface area contributed by atoms with Gasteiger partial charge in [0.15, 0.2) is 9.84 Å². The molecule has 10 heteroatoms. The Balaban J connectivity index is 1.35. The van der Waals surface area contributed by atoms with E-state index in [9.17, 15) is 18.0 Å². The number of nitrogens with two attached hydrogens (primary N) is 1. The zero-order valence-corrected chi connectivity index (χ0v) is 24.3. The number of nitriles is 1. The van der Waals surface area contributed by atoms with Gasteiger partial charge in [0.2, 0.25) is 11.8 Å². The van der Waals surface area contributed by atoms with E-state index in [2.05, 4.69) is 22.3 Å². The fraction of sp³-hybridized carbons (Fsp3) is 0.500. The molecule has 2 aromatic carbocycles. The van der Waals surface area contributed by atoms with E-state index in [1.54, 1.807) is 24.3 Å². The summed E-state index contributed by atoms with van der Waals surface area (Å²) < 4.78 is 26.5. The molecule has 214 valence electrons. The minimum absolute atomic E-state index is 0.0764. The van der Waals surface area contributed by atoms with Gasteiger partial charge in [0.05, 0.1) is 22.0 Å². The summed E-state index contributed by atoms with van der Waals surface area (Å²) in [5, 5.41) is 11.0. The Labute approximate surface area is 241 Å². The quantitative estimate of drug-likeness (QED) is 0.304. The van der Waals surface area contributed by atoms with Gasteiger partial charge < -0.3 is 11.1 Å². The van der Waals surface area contributed by atoms with Crippen molar-refractivity contribution in [2.45, 2.75) is 60.1 Å². The summed E-state index contributed by atoms with van der Waals surface area (Å²) in [5.74, 6) is -1.21. The molecule has 1 heterocycles. The molecule has 1 saturated heterocycles. The molecule has 1 aliphatic heterocycles. The lowest BCUT2D eigenvalue weighted by molar-refractivity contribution is -0.127. The van der Waals surface area contributed by atoms with Gasteiger partial charge in [0.1, 0.15) is 6.54 Å². The minimum Gasteiger partial charge on any atom is -0.369 e. The molecule has 40 heavy (non-hydrogen) atoms. The Bertz CT molecular complexity index is 1290. The van der Waals surface area contributed by atoms with Crippen LogP contribution in [0.15, 0.2) is 64.4 Å². The van der Waals surface area contributed by atoms with Crippen LogP contribution in [0.3, 0.4) is 0 Å². The van der Waals surface area contributed by atoms with Crippen molar-refractivity contribution in [1.82, 2.24) is 10.2 Å². The lowest BCUT2D eigenvalue weighted by Gasteiger charge is -2.34. The molecule has 0 bridgehead atoms. The van der Waals surface area contributed by atoms with E-state index in [1.165, 1.54) is 17.3 Å². The van der Waals surface area contributed by atoms with Gasteiger partial charge >= 0.3 is 0 Å². The average Bonchev–Trinajstić information content (AvgIpc) is 2.96. The summed E-state index contributed by atoms with van der Waals surface area (Å²) in [6.45, 7) is 2.62. The van der Waals surface area contributed by atoms with Crippen LogP contribution in [-0.4, -0.2) is 55.8 Å². The SMILES string of the molecule is N#CCNC(=O)[C@H]1CCCC[C@@H]1CS(=O)(=O)c1ccc(SC(C(N)=O)C2CCN(Cc3ccccc3)CC2)cc1. The Kier molecular flexibility index (Phi) is 10.6. The van der Waals surface area contributed by atoms with Crippen molar-refractivity contribution in [3.8, 4) is 6.07 Å². The first-order chi connectivity index (χ1) is 19.3. The fourth-order valence-electron chi connectivity index (χ4n) is 5.90. The fourth-order valence-corrected chi connectivity index (χ4v) is 8.78. The third kappa shape index (κ3) is 8.09. The number of rotatable bonds is 11. The van der Waals surface area contributed by atoms with Gasteiger partial charge in [-0.3, -0.25) is 14.5 Å². The molecule has 2 fully saturated rings. The first-order valence-electron chi connectivity index (χ1n) is 14.0. The first-order valence-corrected chi connectivity index (χ1v) is 16.5. The summed E-state index contributed by atoms with van der Waals surface area (Å²) in [5.41, 5.74) is 7.10. The van der Waals surface area contributed by atoms with E-state index < -0.39 is 15.8 Å². The zero-order chi connectivity index (χ0) is 28.5. The van der Waals surface area contributed by atoms with Crippen LogP contribution in [-0.2, 0) is 26.0 Å². The molecule has 8 nitrogen and oxygen atoms in total. The zero-order valence-electron chi connectivity index (χ0n) is 22.7. The molecule has 3 N–H and O–H groups in total. The highest BCUT2D eigenvalue weighted by atomic mass is 32.2. The van der Waals surface area contributed by atoms with Crippen LogP contribution in [0.5, 0.6) is 0 Å². The number of hydrogen-bond acceptors (Lipinski definition) is 7. The highest BCUT2D eigenvalue weighted by Gasteiger charge is 2.35. The Hall–Kier alpha value is -2.87. The van der Waals surface area contributed by atoms with Crippen molar-refractivity contribution in [3.63, 3.8) is 0 Å². The van der Waals surface area contributed by atoms with Gasteiger partial charge in [-0.1, -0.05) is 43.2 Å². The summed E-state index contributed by atoms with van der Waals surface area (Å²) in [6.07, 6.45) is 4.82. The molecule has 2 aliphatic rings. The number of piperidine rings is 1. The largest absolute Gasteiger partial charge is 0.369 e. The number of carbonyl (C=O) groups excluding carboxylic acids is 2. The van der Waals surface area contributed by atoms with Crippen LogP contribution in [0.4, 0.5) is 0 Å². The number of nitrogens with one attached hydrogen (secondary N) is 1. The maximum absolute atomic E-state index is 13.3. The number of benzene rings is 2. The van der Waals surface area contributed by atoms with Crippen molar-refractivity contribution >= 4 is 33.4 Å². The lowest BCUT2D eigenvalue weighted by atomic mass is 9.80. The number of amides is 2. The number of likely N-dealkylation sites (tertiary alicyclic amines) is 1. The third-order valence-corrected chi connectivity index (χ3v) is 11.3. The molecule has 1 saturated carbocycles. The average molecular weight is 583 g/mol. The maximum Gasteiger partial charge on any atom is 0.231 e. The van der Waals surface area contributed by atoms with Crippen LogP contribution in [0.25, 0.3) is 0 Å². The van der Waals surface area contributed by atoms with Crippen molar-refractivity contribution < 1.29 is 18.0 Å². The summed E-state index contributed by atoms with van der Waals surface area (Å²) in [4.78, 5) is 28.4. The molecule has 1 aliphatic carbocycles. The van der Waals surface area contributed by atoms with Gasteiger partial charge in [-0.25, -0.2) is 8.42 Å². The number of carbonyl (C=O) groups is 2. The van der Waals surface area contributed by atoms with E-state index in [0.717, 1.165) is 50.2 Å². The topological polar surface area (TPSA) is 133 Å². The maximum atomic E-state index is 13.3. The van der Waals surface area contributed by atoms with Gasteiger partial charge in [0.25, 0.3) is 0 Å². The van der Waals surface area contributed by atoms with Gasteiger partial charge in [-0.05, 0) is 80.4 Å². The molecular weight excluding hydrogens is 544 g/mol. The Morgan fingerprint density at radius 3 is 2.35 bits per heavy atom. The van der Waals surface area contributed by atoms with Crippen molar-refractivity contribution in [3.05, 3.63) is 60.2 Å². The lowest BCUT2D eigenvalue weighted by Crippen LogP contribution is -2.41. The number of sulfone groups is 1. The molecule has 3 atom stereocenters. The predicted octanol–water partition coefficient (Wildman–Crippen LogP) is 3.76. The van der Waals surface area contributed by atoms with Crippen LogP contribution < -0.4 is 11.1 Å². The first kappa shape index (κ1) is 30.1. The van der Waals surface area contributed by atoms with Crippen LogP contribution in [0.1, 0.15) is 44.1 Å². The smallest absolute Gasteiger partial charge is 0.231 e. The molecule has 4 rings (SSSR count). The molecule has 0 radical (unpaired) electrons. The molecular formula is C30H38N4O4S2. The van der Waals surface area contributed by atoms with E-state index in [1.807, 2.05) is 24.3 Å². The van der Waals surface area contributed by atoms with Gasteiger partial charge in [-0.2, -0.15) is 5.26 Å². The van der Waals surface area contributed by atoms with Crippen LogP contribution in [0, 0.1) is 29.1 Å². The standard InChI is InChI=1S/C30H38N4O4S2/c31-16-17-33-30(36)27-9-5-4-8-24(27)21-40(37,38)26-12-10-25(11-13-26)39-28(29(32)35)23-14-18-34(19-15-23)20-22-6-2-1-3-7-22/h1-3,6-7,10-13,23-24,27-28H,4-5,8-9,14-15,17-21H2,(H2,32,35)(H,33,36)/t24-,27+,28?/m1/s1. The van der Waals surface area contributed by atoms with E-state index in [0.29, 0.717) is 12.8 Å². The minimum atomic E-state index is -3.61. The predicted molar refractivity (Wildman–Crippen MR) is 156 cm³/mol. The third-order valence-electron chi connectivity index (χ3n) is 8.06. The number of thioether (sulfide) groups is 1. The number of nitrogens with zero attached hydrogens (tertiary/aromatic N) is 2. The Morgan fingerprint density at radius 1 is 1.02 bits per heavy atom. The van der Waals surface area contributed by atoms with Crippen molar-refractivity contribution in [1.29, 1.82) is 5.26 Å². The number of hydrogen-bond donors (Lipinski definition) is 2. The second kappa shape index (κ2) is 14.2. The van der Waals surface area contributed by atoms with Crippen molar-refractivity contribution in [2.75, 3.05) is 25.4 Å². The molecule has 0 spiro atoms. The van der Waals surface area contributed by atoms with E-state index in [4.69, 9.17) is 11.0 Å². The normalized spacial score (nSPS) is 21.3. The Morgan fingerprint density at radius 2 is 1.70 bits per heavy atom. The van der Waals surface area contributed by atoms with Gasteiger partial charge in [0, 0.05) is 17.4 Å². The van der Waals surface area contributed by atoms with Gasteiger partial charge in [-0.15, -0.1) is 11.8 Å². The highest BCUT2D eigenvalue weighted by Crippen LogP contribution is 2.36. The molecule has 2 aromatic rings. The molecule has 1 unspecified atom stereocenters.